The van der Waals surface area contributed by atoms with Gasteiger partial charge < -0.3 is 24.4 Å². The van der Waals surface area contributed by atoms with Crippen LogP contribution in [0.15, 0.2) is 18.2 Å². The van der Waals surface area contributed by atoms with Crippen molar-refractivity contribution in [3.8, 4) is 5.75 Å². The molecule has 7 nitrogen and oxygen atoms in total. The van der Waals surface area contributed by atoms with Crippen molar-refractivity contribution in [2.75, 3.05) is 25.5 Å². The zero-order valence-corrected chi connectivity index (χ0v) is 16.4. The largest absolute Gasteiger partial charge is 0.490 e. The summed E-state index contributed by atoms with van der Waals surface area (Å²) in [6.45, 7) is 6.84. The molecule has 7 heteroatoms. The average molecular weight is 376 g/mol. The van der Waals surface area contributed by atoms with Gasteiger partial charge in [0.1, 0.15) is 23.5 Å². The van der Waals surface area contributed by atoms with E-state index in [0.29, 0.717) is 19.5 Å². The van der Waals surface area contributed by atoms with E-state index < -0.39 is 5.60 Å². The van der Waals surface area contributed by atoms with Gasteiger partial charge in [-0.2, -0.15) is 0 Å². The van der Waals surface area contributed by atoms with E-state index in [-0.39, 0.29) is 24.2 Å². The summed E-state index contributed by atoms with van der Waals surface area (Å²) in [5, 5.41) is 3.18. The number of nitrogens with zero attached hydrogens (tertiary/aromatic N) is 1. The molecule has 1 aromatic carbocycles. The van der Waals surface area contributed by atoms with Crippen LogP contribution in [0, 0.1) is 0 Å². The number of rotatable bonds is 3. The number of ether oxygens (including phenoxy) is 3. The number of nitrogens with one attached hydrogen (secondary N) is 1. The Morgan fingerprint density at radius 3 is 2.52 bits per heavy atom. The Balaban J connectivity index is 1.52. The number of fused-ring (bicyclic) bond motifs is 1. The lowest BCUT2D eigenvalue weighted by Crippen LogP contribution is -2.44. The van der Waals surface area contributed by atoms with E-state index in [2.05, 4.69) is 5.32 Å². The Kier molecular flexibility index (Phi) is 5.48. The summed E-state index contributed by atoms with van der Waals surface area (Å²) in [7, 11) is 1.39. The van der Waals surface area contributed by atoms with Gasteiger partial charge >= 0.3 is 12.1 Å². The third-order valence-corrected chi connectivity index (χ3v) is 4.72. The molecule has 1 aromatic rings. The molecule has 0 bridgehead atoms. The van der Waals surface area contributed by atoms with Gasteiger partial charge in [-0.15, -0.1) is 0 Å². The number of hydrogen-bond acceptors (Lipinski definition) is 6. The van der Waals surface area contributed by atoms with Crippen LogP contribution in [0.5, 0.6) is 5.75 Å². The molecule has 0 unspecified atom stereocenters. The van der Waals surface area contributed by atoms with Crippen molar-refractivity contribution in [1.29, 1.82) is 0 Å². The molecular weight excluding hydrogens is 348 g/mol. The molecule has 1 atom stereocenters. The van der Waals surface area contributed by atoms with Gasteiger partial charge in [-0.3, -0.25) is 0 Å². The van der Waals surface area contributed by atoms with Crippen molar-refractivity contribution in [2.45, 2.75) is 57.8 Å². The maximum Gasteiger partial charge on any atom is 0.410 e. The van der Waals surface area contributed by atoms with Crippen molar-refractivity contribution in [3.63, 3.8) is 0 Å². The molecule has 0 aliphatic carbocycles. The third kappa shape index (κ3) is 4.84. The van der Waals surface area contributed by atoms with Crippen LogP contribution in [0.3, 0.4) is 0 Å². The standard InChI is InChI=1S/C20H28N2O5/c1-20(2,3)27-19(24)22-9-7-14(8-10-22)26-15-6-5-13-11-17(18(23)25-4)21-16(13)12-15/h5-6,12,14,17,21H,7-11H2,1-4H3/t17-/m0/s1. The number of benzene rings is 1. The molecule has 1 saturated heterocycles. The number of methoxy groups -OCH3 is 1. The van der Waals surface area contributed by atoms with Gasteiger partial charge in [-0.25, -0.2) is 9.59 Å². The van der Waals surface area contributed by atoms with Crippen LogP contribution in [-0.4, -0.2) is 54.9 Å². The van der Waals surface area contributed by atoms with E-state index in [0.717, 1.165) is 29.8 Å². The van der Waals surface area contributed by atoms with E-state index in [4.69, 9.17) is 14.2 Å². The van der Waals surface area contributed by atoms with Gasteiger partial charge in [0, 0.05) is 44.1 Å². The van der Waals surface area contributed by atoms with Gasteiger partial charge in [-0.05, 0) is 32.4 Å². The number of hydrogen-bond donors (Lipinski definition) is 1. The van der Waals surface area contributed by atoms with Crippen LogP contribution in [0.2, 0.25) is 0 Å². The van der Waals surface area contributed by atoms with Gasteiger partial charge in [0.2, 0.25) is 0 Å². The fraction of sp³-hybridized carbons (Fsp3) is 0.600. The maximum absolute atomic E-state index is 12.1. The highest BCUT2D eigenvalue weighted by Gasteiger charge is 2.29. The molecule has 0 saturated carbocycles. The zero-order chi connectivity index (χ0) is 19.6. The number of carbonyl (C=O) groups excluding carboxylic acids is 2. The highest BCUT2D eigenvalue weighted by molar-refractivity contribution is 5.83. The molecule has 27 heavy (non-hydrogen) atoms. The first kappa shape index (κ1) is 19.3. The molecule has 148 valence electrons. The fourth-order valence-corrected chi connectivity index (χ4v) is 3.36. The quantitative estimate of drug-likeness (QED) is 0.818. The lowest BCUT2D eigenvalue weighted by molar-refractivity contribution is -0.141. The molecule has 2 aliphatic heterocycles. The molecule has 0 radical (unpaired) electrons. The van der Waals surface area contributed by atoms with Crippen LogP contribution >= 0.6 is 0 Å². The van der Waals surface area contributed by atoms with E-state index >= 15 is 0 Å². The highest BCUT2D eigenvalue weighted by atomic mass is 16.6. The number of anilines is 1. The Bertz CT molecular complexity index is 705. The first-order valence-corrected chi connectivity index (χ1v) is 9.37. The lowest BCUT2D eigenvalue weighted by atomic mass is 10.1. The molecule has 1 fully saturated rings. The highest BCUT2D eigenvalue weighted by Crippen LogP contribution is 2.31. The first-order chi connectivity index (χ1) is 12.7. The van der Waals surface area contributed by atoms with Crippen molar-refractivity contribution in [3.05, 3.63) is 23.8 Å². The molecule has 1 amide bonds. The number of esters is 1. The molecule has 0 aromatic heterocycles. The summed E-state index contributed by atoms with van der Waals surface area (Å²) in [6, 6.07) is 5.51. The first-order valence-electron chi connectivity index (χ1n) is 9.37. The predicted octanol–water partition coefficient (Wildman–Crippen LogP) is 2.97. The van der Waals surface area contributed by atoms with Crippen LogP contribution in [0.4, 0.5) is 10.5 Å². The minimum Gasteiger partial charge on any atom is -0.490 e. The van der Waals surface area contributed by atoms with Crippen LogP contribution < -0.4 is 10.1 Å². The predicted molar refractivity (Wildman–Crippen MR) is 101 cm³/mol. The normalized spacial score (nSPS) is 19.9. The number of amides is 1. The summed E-state index contributed by atoms with van der Waals surface area (Å²) in [5.74, 6) is 0.505. The van der Waals surface area contributed by atoms with Crippen LogP contribution in [-0.2, 0) is 20.7 Å². The van der Waals surface area contributed by atoms with Gasteiger partial charge in [0.15, 0.2) is 0 Å². The molecule has 2 aliphatic rings. The number of piperidine rings is 1. The summed E-state index contributed by atoms with van der Waals surface area (Å²) in [4.78, 5) is 25.6. The number of likely N-dealkylation sites (tertiary alicyclic amines) is 1. The second-order valence-corrected chi connectivity index (χ2v) is 8.03. The van der Waals surface area contributed by atoms with Gasteiger partial charge in [0.05, 0.1) is 7.11 Å². The molecular formula is C20H28N2O5. The molecule has 0 spiro atoms. The van der Waals surface area contributed by atoms with E-state index in [1.807, 2.05) is 39.0 Å². The molecule has 2 heterocycles. The third-order valence-electron chi connectivity index (χ3n) is 4.72. The van der Waals surface area contributed by atoms with Crippen molar-refractivity contribution in [1.82, 2.24) is 4.90 Å². The van der Waals surface area contributed by atoms with E-state index in [1.165, 1.54) is 7.11 Å². The zero-order valence-electron chi connectivity index (χ0n) is 16.4. The number of carbonyl (C=O) groups is 2. The fourth-order valence-electron chi connectivity index (χ4n) is 3.36. The SMILES string of the molecule is COC(=O)[C@@H]1Cc2ccc(OC3CCN(C(=O)OC(C)(C)C)CC3)cc2N1. The summed E-state index contributed by atoms with van der Waals surface area (Å²) in [5.41, 5.74) is 1.51. The maximum atomic E-state index is 12.1. The monoisotopic (exact) mass is 376 g/mol. The Hall–Kier alpha value is -2.44. The lowest BCUT2D eigenvalue weighted by Gasteiger charge is -2.33. The van der Waals surface area contributed by atoms with Crippen molar-refractivity contribution in [2.24, 2.45) is 0 Å². The minimum absolute atomic E-state index is 0.0551. The summed E-state index contributed by atoms with van der Waals surface area (Å²) >= 11 is 0. The van der Waals surface area contributed by atoms with E-state index in [1.54, 1.807) is 4.90 Å². The second-order valence-electron chi connectivity index (χ2n) is 8.03. The average Bonchev–Trinajstić information content (AvgIpc) is 3.03. The second kappa shape index (κ2) is 7.66. The summed E-state index contributed by atoms with van der Waals surface area (Å²) < 4.78 is 16.3. The molecule has 1 N–H and O–H groups in total. The Morgan fingerprint density at radius 2 is 1.89 bits per heavy atom. The smallest absolute Gasteiger partial charge is 0.410 e. The van der Waals surface area contributed by atoms with Gasteiger partial charge in [0.25, 0.3) is 0 Å². The van der Waals surface area contributed by atoms with E-state index in [9.17, 15) is 9.59 Å². The van der Waals surface area contributed by atoms with Crippen molar-refractivity contribution >= 4 is 17.7 Å². The van der Waals surface area contributed by atoms with Crippen LogP contribution in [0.25, 0.3) is 0 Å². The van der Waals surface area contributed by atoms with Crippen LogP contribution in [0.1, 0.15) is 39.2 Å². The van der Waals surface area contributed by atoms with Gasteiger partial charge in [-0.1, -0.05) is 6.07 Å². The topological polar surface area (TPSA) is 77.1 Å². The Labute approximate surface area is 160 Å². The summed E-state index contributed by atoms with van der Waals surface area (Å²) in [6.07, 6.45) is 1.93. The minimum atomic E-state index is -0.482. The molecule has 3 rings (SSSR count). The van der Waals surface area contributed by atoms with Crippen molar-refractivity contribution < 1.29 is 23.8 Å². The Morgan fingerprint density at radius 1 is 1.19 bits per heavy atom.